The molecule has 1 unspecified atom stereocenters. The van der Waals surface area contributed by atoms with Gasteiger partial charge in [-0.25, -0.2) is 0 Å². The lowest BCUT2D eigenvalue weighted by atomic mass is 9.92. The van der Waals surface area contributed by atoms with Gasteiger partial charge in [-0.3, -0.25) is 0 Å². The molecular formula is C15H24Cl2N2O. The van der Waals surface area contributed by atoms with Crippen molar-refractivity contribution in [2.45, 2.75) is 26.3 Å². The minimum Gasteiger partial charge on any atom is -0.394 e. The highest BCUT2D eigenvalue weighted by atomic mass is 35.5. The Bertz CT molecular complexity index is 424. The third-order valence-corrected chi connectivity index (χ3v) is 4.52. The SMILES string of the molecule is CCN(CC)CCNC(C)(CO)c1cccc(Cl)c1Cl. The van der Waals surface area contributed by atoms with Crippen LogP contribution in [0.25, 0.3) is 0 Å². The van der Waals surface area contributed by atoms with Gasteiger partial charge in [-0.15, -0.1) is 0 Å². The molecular weight excluding hydrogens is 295 g/mol. The van der Waals surface area contributed by atoms with E-state index in [0.29, 0.717) is 10.0 Å². The number of likely N-dealkylation sites (N-methyl/N-ethyl adjacent to an activating group) is 1. The summed E-state index contributed by atoms with van der Waals surface area (Å²) in [7, 11) is 0. The monoisotopic (exact) mass is 318 g/mol. The summed E-state index contributed by atoms with van der Waals surface area (Å²) in [6.07, 6.45) is 0. The number of nitrogens with one attached hydrogen (secondary N) is 1. The van der Waals surface area contributed by atoms with Crippen LogP contribution in [0.3, 0.4) is 0 Å². The summed E-state index contributed by atoms with van der Waals surface area (Å²) in [4.78, 5) is 2.32. The molecule has 0 aliphatic carbocycles. The normalized spacial score (nSPS) is 14.6. The van der Waals surface area contributed by atoms with E-state index in [1.54, 1.807) is 6.07 Å². The molecule has 0 heterocycles. The molecule has 0 bridgehead atoms. The quantitative estimate of drug-likeness (QED) is 0.773. The summed E-state index contributed by atoms with van der Waals surface area (Å²) in [5.41, 5.74) is 0.239. The number of aliphatic hydroxyl groups is 1. The third-order valence-electron chi connectivity index (χ3n) is 3.70. The van der Waals surface area contributed by atoms with E-state index in [1.807, 2.05) is 19.1 Å². The van der Waals surface area contributed by atoms with E-state index >= 15 is 0 Å². The van der Waals surface area contributed by atoms with Crippen LogP contribution >= 0.6 is 23.2 Å². The first-order chi connectivity index (χ1) is 9.48. The van der Waals surface area contributed by atoms with Crippen LogP contribution in [-0.2, 0) is 5.54 Å². The molecule has 0 spiro atoms. The molecule has 1 rings (SSSR count). The first kappa shape index (κ1) is 17.7. The highest BCUT2D eigenvalue weighted by Crippen LogP contribution is 2.32. The van der Waals surface area contributed by atoms with Crippen LogP contribution in [0.4, 0.5) is 0 Å². The third kappa shape index (κ3) is 4.34. The molecule has 114 valence electrons. The summed E-state index contributed by atoms with van der Waals surface area (Å²) < 4.78 is 0. The molecule has 0 aromatic heterocycles. The zero-order valence-corrected chi connectivity index (χ0v) is 13.9. The molecule has 0 aliphatic rings. The van der Waals surface area contributed by atoms with Crippen molar-refractivity contribution in [1.29, 1.82) is 0 Å². The molecule has 5 heteroatoms. The molecule has 0 saturated heterocycles. The van der Waals surface area contributed by atoms with Crippen LogP contribution in [0.15, 0.2) is 18.2 Å². The van der Waals surface area contributed by atoms with Crippen molar-refractivity contribution in [3.05, 3.63) is 33.8 Å². The second-order valence-electron chi connectivity index (χ2n) is 5.05. The highest BCUT2D eigenvalue weighted by Gasteiger charge is 2.28. The van der Waals surface area contributed by atoms with Gasteiger partial charge in [-0.05, 0) is 31.6 Å². The summed E-state index contributed by atoms with van der Waals surface area (Å²) >= 11 is 12.3. The lowest BCUT2D eigenvalue weighted by molar-refractivity contribution is 0.168. The molecule has 0 fully saturated rings. The average Bonchev–Trinajstić information content (AvgIpc) is 2.46. The molecule has 0 saturated carbocycles. The van der Waals surface area contributed by atoms with E-state index in [2.05, 4.69) is 24.1 Å². The zero-order chi connectivity index (χ0) is 15.2. The minimum absolute atomic E-state index is 0.0364. The Morgan fingerprint density at radius 2 is 1.90 bits per heavy atom. The van der Waals surface area contributed by atoms with E-state index in [-0.39, 0.29) is 6.61 Å². The maximum Gasteiger partial charge on any atom is 0.0656 e. The molecule has 1 aromatic carbocycles. The molecule has 2 N–H and O–H groups in total. The maximum absolute atomic E-state index is 9.76. The van der Waals surface area contributed by atoms with Crippen LogP contribution in [-0.4, -0.2) is 42.8 Å². The number of hydrogen-bond donors (Lipinski definition) is 2. The Kier molecular flexibility index (Phi) is 7.27. The average molecular weight is 319 g/mol. The Morgan fingerprint density at radius 3 is 2.45 bits per heavy atom. The van der Waals surface area contributed by atoms with Crippen molar-refractivity contribution in [1.82, 2.24) is 10.2 Å². The van der Waals surface area contributed by atoms with Crippen molar-refractivity contribution in [3.63, 3.8) is 0 Å². The minimum atomic E-state index is -0.588. The molecule has 0 radical (unpaired) electrons. The maximum atomic E-state index is 9.76. The molecule has 1 aromatic rings. The fourth-order valence-electron chi connectivity index (χ4n) is 2.20. The summed E-state index contributed by atoms with van der Waals surface area (Å²) in [5, 5.41) is 14.2. The van der Waals surface area contributed by atoms with E-state index in [1.165, 1.54) is 0 Å². The Morgan fingerprint density at radius 1 is 1.25 bits per heavy atom. The lowest BCUT2D eigenvalue weighted by Crippen LogP contribution is -2.46. The van der Waals surface area contributed by atoms with Crippen molar-refractivity contribution >= 4 is 23.2 Å². The number of rotatable bonds is 8. The van der Waals surface area contributed by atoms with Gasteiger partial charge in [0.2, 0.25) is 0 Å². The highest BCUT2D eigenvalue weighted by molar-refractivity contribution is 6.42. The molecule has 3 nitrogen and oxygen atoms in total. The first-order valence-electron chi connectivity index (χ1n) is 7.01. The molecule has 1 atom stereocenters. The van der Waals surface area contributed by atoms with Crippen LogP contribution in [0.2, 0.25) is 10.0 Å². The topological polar surface area (TPSA) is 35.5 Å². The predicted octanol–water partition coefficient (Wildman–Crippen LogP) is 3.13. The van der Waals surface area contributed by atoms with E-state index < -0.39 is 5.54 Å². The van der Waals surface area contributed by atoms with Gasteiger partial charge in [0.15, 0.2) is 0 Å². The summed E-state index contributed by atoms with van der Waals surface area (Å²) in [6.45, 7) is 9.93. The summed E-state index contributed by atoms with van der Waals surface area (Å²) in [6, 6.07) is 5.50. The van der Waals surface area contributed by atoms with Crippen molar-refractivity contribution < 1.29 is 5.11 Å². The fourth-order valence-corrected chi connectivity index (χ4v) is 2.71. The smallest absolute Gasteiger partial charge is 0.0656 e. The summed E-state index contributed by atoms with van der Waals surface area (Å²) in [5.74, 6) is 0. The van der Waals surface area contributed by atoms with Gasteiger partial charge >= 0.3 is 0 Å². The van der Waals surface area contributed by atoms with Crippen LogP contribution < -0.4 is 5.32 Å². The number of benzene rings is 1. The lowest BCUT2D eigenvalue weighted by Gasteiger charge is -2.31. The fraction of sp³-hybridized carbons (Fsp3) is 0.600. The van der Waals surface area contributed by atoms with Gasteiger partial charge in [0.1, 0.15) is 0 Å². The number of halogens is 2. The Balaban J connectivity index is 2.79. The van der Waals surface area contributed by atoms with Crippen molar-refractivity contribution in [2.75, 3.05) is 32.8 Å². The van der Waals surface area contributed by atoms with Crippen LogP contribution in [0, 0.1) is 0 Å². The van der Waals surface area contributed by atoms with Gasteiger partial charge in [-0.1, -0.05) is 49.2 Å². The number of nitrogens with zero attached hydrogens (tertiary/aromatic N) is 1. The van der Waals surface area contributed by atoms with E-state index in [0.717, 1.165) is 31.7 Å². The Hall–Kier alpha value is -0.320. The standard InChI is InChI=1S/C15H24Cl2N2O/c1-4-19(5-2)10-9-18-15(3,11-20)12-7-6-8-13(16)14(12)17/h6-8,18,20H,4-5,9-11H2,1-3H3. The molecule has 0 aliphatic heterocycles. The largest absolute Gasteiger partial charge is 0.394 e. The van der Waals surface area contributed by atoms with Crippen LogP contribution in [0.1, 0.15) is 26.3 Å². The second-order valence-corrected chi connectivity index (χ2v) is 5.83. The number of hydrogen-bond acceptors (Lipinski definition) is 3. The predicted molar refractivity (Wildman–Crippen MR) is 86.7 cm³/mol. The van der Waals surface area contributed by atoms with E-state index in [9.17, 15) is 5.11 Å². The van der Waals surface area contributed by atoms with Gasteiger partial charge in [0.25, 0.3) is 0 Å². The van der Waals surface area contributed by atoms with Gasteiger partial charge in [-0.2, -0.15) is 0 Å². The Labute approximate surface area is 131 Å². The van der Waals surface area contributed by atoms with Gasteiger partial charge in [0.05, 0.1) is 22.2 Å². The first-order valence-corrected chi connectivity index (χ1v) is 7.76. The zero-order valence-electron chi connectivity index (χ0n) is 12.4. The van der Waals surface area contributed by atoms with Gasteiger partial charge < -0.3 is 15.3 Å². The number of aliphatic hydroxyl groups excluding tert-OH is 1. The molecule has 20 heavy (non-hydrogen) atoms. The van der Waals surface area contributed by atoms with Crippen molar-refractivity contribution in [2.24, 2.45) is 0 Å². The van der Waals surface area contributed by atoms with E-state index in [4.69, 9.17) is 23.2 Å². The second kappa shape index (κ2) is 8.20. The van der Waals surface area contributed by atoms with Gasteiger partial charge in [0, 0.05) is 13.1 Å². The molecule has 0 amide bonds. The van der Waals surface area contributed by atoms with Crippen LogP contribution in [0.5, 0.6) is 0 Å². The van der Waals surface area contributed by atoms with Crippen molar-refractivity contribution in [3.8, 4) is 0 Å².